The molecule has 0 bridgehead atoms. The third kappa shape index (κ3) is 1.79. The van der Waals surface area contributed by atoms with Crippen LogP contribution >= 0.6 is 0 Å². The van der Waals surface area contributed by atoms with Gasteiger partial charge in [-0.1, -0.05) is 13.3 Å². The normalized spacial score (nSPS) is 34.1. The van der Waals surface area contributed by atoms with Crippen molar-refractivity contribution in [3.8, 4) is 0 Å². The number of guanidine groups is 1. The summed E-state index contributed by atoms with van der Waals surface area (Å²) in [4.78, 5) is 9.06. The second-order valence-electron chi connectivity index (χ2n) is 5.53. The third-order valence-corrected chi connectivity index (χ3v) is 4.26. The molecule has 1 spiro atoms. The maximum Gasteiger partial charge on any atom is 0.191 e. The zero-order valence-corrected chi connectivity index (χ0v) is 10.7. The van der Waals surface area contributed by atoms with Crippen molar-refractivity contribution in [3.63, 3.8) is 0 Å². The van der Waals surface area contributed by atoms with Crippen LogP contribution < -0.4 is 5.73 Å². The summed E-state index contributed by atoms with van der Waals surface area (Å²) >= 11 is 0. The molecule has 0 saturated heterocycles. The fourth-order valence-electron chi connectivity index (χ4n) is 3.12. The van der Waals surface area contributed by atoms with E-state index in [2.05, 4.69) is 35.8 Å². The molecule has 1 heterocycles. The van der Waals surface area contributed by atoms with Crippen molar-refractivity contribution in [1.29, 1.82) is 0 Å². The summed E-state index contributed by atoms with van der Waals surface area (Å²) in [6.07, 6.45) is 3.90. The van der Waals surface area contributed by atoms with Gasteiger partial charge >= 0.3 is 0 Å². The highest BCUT2D eigenvalue weighted by Crippen LogP contribution is 2.42. The maximum absolute atomic E-state index is 6.04. The lowest BCUT2D eigenvalue weighted by Crippen LogP contribution is -2.54. The van der Waals surface area contributed by atoms with E-state index >= 15 is 0 Å². The van der Waals surface area contributed by atoms with Crippen molar-refractivity contribution < 1.29 is 0 Å². The van der Waals surface area contributed by atoms with E-state index in [0.717, 1.165) is 31.5 Å². The van der Waals surface area contributed by atoms with Crippen molar-refractivity contribution in [1.82, 2.24) is 9.80 Å². The Bertz CT molecular complexity index is 287. The lowest BCUT2D eigenvalue weighted by atomic mass is 9.87. The van der Waals surface area contributed by atoms with Crippen LogP contribution in [0.25, 0.3) is 0 Å². The summed E-state index contributed by atoms with van der Waals surface area (Å²) in [7, 11) is 4.21. The third-order valence-electron chi connectivity index (χ3n) is 4.26. The van der Waals surface area contributed by atoms with E-state index in [1.54, 1.807) is 0 Å². The highest BCUT2D eigenvalue weighted by molar-refractivity contribution is 5.81. The molecule has 2 unspecified atom stereocenters. The molecule has 0 aromatic rings. The summed E-state index contributed by atoms with van der Waals surface area (Å²) < 4.78 is 0. The minimum absolute atomic E-state index is 0.250. The molecule has 0 aromatic heterocycles. The van der Waals surface area contributed by atoms with Gasteiger partial charge in [0, 0.05) is 13.1 Å². The Kier molecular flexibility index (Phi) is 3.10. The average Bonchev–Trinajstić information content (AvgIpc) is 2.72. The molecule has 2 N–H and O–H groups in total. The Labute approximate surface area is 98.5 Å². The summed E-state index contributed by atoms with van der Waals surface area (Å²) in [6.45, 7) is 5.31. The van der Waals surface area contributed by atoms with Gasteiger partial charge in [-0.25, -0.2) is 0 Å². The van der Waals surface area contributed by atoms with Crippen molar-refractivity contribution in [2.24, 2.45) is 16.6 Å². The quantitative estimate of drug-likeness (QED) is 0.769. The molecule has 4 heteroatoms. The summed E-state index contributed by atoms with van der Waals surface area (Å²) in [5.74, 6) is 1.48. The second-order valence-corrected chi connectivity index (χ2v) is 5.53. The molecule has 2 atom stereocenters. The number of hydrogen-bond donors (Lipinski definition) is 1. The molecule has 0 radical (unpaired) electrons. The van der Waals surface area contributed by atoms with E-state index in [9.17, 15) is 0 Å². The molecule has 0 amide bonds. The zero-order valence-electron chi connectivity index (χ0n) is 10.7. The van der Waals surface area contributed by atoms with Crippen LogP contribution in [0.15, 0.2) is 4.99 Å². The number of hydrogen-bond acceptors (Lipinski definition) is 4. The molecule has 2 aliphatic rings. The summed E-state index contributed by atoms with van der Waals surface area (Å²) in [5, 5.41) is 0. The number of nitrogens with two attached hydrogens (primary N) is 1. The molecular weight excluding hydrogens is 200 g/mol. The molecule has 1 saturated carbocycles. The molecule has 1 fully saturated rings. The van der Waals surface area contributed by atoms with Crippen molar-refractivity contribution in [2.75, 3.05) is 33.7 Å². The van der Waals surface area contributed by atoms with E-state index in [4.69, 9.17) is 5.73 Å². The molecule has 92 valence electrons. The predicted octanol–water partition coefficient (Wildman–Crippen LogP) is 0.737. The van der Waals surface area contributed by atoms with Gasteiger partial charge in [0.1, 0.15) is 0 Å². The Morgan fingerprint density at radius 2 is 2.31 bits per heavy atom. The smallest absolute Gasteiger partial charge is 0.191 e. The standard InChI is InChI=1S/C12H24N4/c1-10-5-4-6-12(10)9-14-11(13)16(12)8-7-15(2)3/h10H,4-9H2,1-3H3,(H2,13,14). The minimum Gasteiger partial charge on any atom is -0.370 e. The maximum atomic E-state index is 6.04. The number of aliphatic imine (C=N–C) groups is 1. The lowest BCUT2D eigenvalue weighted by molar-refractivity contribution is 0.146. The molecule has 1 aliphatic carbocycles. The van der Waals surface area contributed by atoms with Gasteiger partial charge in [-0.05, 0) is 32.9 Å². The van der Waals surface area contributed by atoms with Gasteiger partial charge in [-0.2, -0.15) is 0 Å². The van der Waals surface area contributed by atoms with Gasteiger partial charge in [0.2, 0.25) is 0 Å². The molecule has 0 aromatic carbocycles. The highest BCUT2D eigenvalue weighted by atomic mass is 15.4. The Hall–Kier alpha value is -0.770. The van der Waals surface area contributed by atoms with Gasteiger partial charge in [0.15, 0.2) is 5.96 Å². The van der Waals surface area contributed by atoms with E-state index in [0.29, 0.717) is 0 Å². The van der Waals surface area contributed by atoms with Gasteiger partial charge < -0.3 is 15.5 Å². The molecule has 1 aliphatic heterocycles. The second kappa shape index (κ2) is 4.24. The molecule has 16 heavy (non-hydrogen) atoms. The van der Waals surface area contributed by atoms with Gasteiger partial charge in [0.25, 0.3) is 0 Å². The minimum atomic E-state index is 0.250. The van der Waals surface area contributed by atoms with Crippen LogP contribution in [0.2, 0.25) is 0 Å². The fraction of sp³-hybridized carbons (Fsp3) is 0.917. The first kappa shape index (κ1) is 11.7. The monoisotopic (exact) mass is 224 g/mol. The number of nitrogens with zero attached hydrogens (tertiary/aromatic N) is 3. The van der Waals surface area contributed by atoms with Crippen molar-refractivity contribution in [2.45, 2.75) is 31.7 Å². The van der Waals surface area contributed by atoms with Crippen molar-refractivity contribution in [3.05, 3.63) is 0 Å². The zero-order chi connectivity index (χ0) is 11.8. The van der Waals surface area contributed by atoms with Gasteiger partial charge in [-0.3, -0.25) is 4.99 Å². The Morgan fingerprint density at radius 3 is 2.88 bits per heavy atom. The van der Waals surface area contributed by atoms with E-state index < -0.39 is 0 Å². The summed E-state index contributed by atoms with van der Waals surface area (Å²) in [5.41, 5.74) is 6.29. The van der Waals surface area contributed by atoms with E-state index in [1.165, 1.54) is 19.3 Å². The Morgan fingerprint density at radius 1 is 1.56 bits per heavy atom. The van der Waals surface area contributed by atoms with Crippen LogP contribution in [0.4, 0.5) is 0 Å². The highest BCUT2D eigenvalue weighted by Gasteiger charge is 2.48. The van der Waals surface area contributed by atoms with Crippen LogP contribution in [0.5, 0.6) is 0 Å². The topological polar surface area (TPSA) is 44.9 Å². The average molecular weight is 224 g/mol. The van der Waals surface area contributed by atoms with E-state index in [1.807, 2.05) is 0 Å². The molecule has 4 nitrogen and oxygen atoms in total. The number of rotatable bonds is 3. The lowest BCUT2D eigenvalue weighted by Gasteiger charge is -2.40. The fourth-order valence-corrected chi connectivity index (χ4v) is 3.12. The van der Waals surface area contributed by atoms with Crippen LogP contribution in [0, 0.1) is 5.92 Å². The van der Waals surface area contributed by atoms with Crippen molar-refractivity contribution >= 4 is 5.96 Å². The van der Waals surface area contributed by atoms with Crippen LogP contribution in [0.1, 0.15) is 26.2 Å². The van der Waals surface area contributed by atoms with Gasteiger partial charge in [0.05, 0.1) is 12.1 Å². The first-order chi connectivity index (χ1) is 7.56. The molecule has 2 rings (SSSR count). The molecular formula is C12H24N4. The van der Waals surface area contributed by atoms with Crippen LogP contribution in [-0.4, -0.2) is 55.0 Å². The number of likely N-dealkylation sites (N-methyl/N-ethyl adjacent to an activating group) is 1. The first-order valence-electron chi connectivity index (χ1n) is 6.28. The predicted molar refractivity (Wildman–Crippen MR) is 67.5 cm³/mol. The van der Waals surface area contributed by atoms with Crippen LogP contribution in [-0.2, 0) is 0 Å². The van der Waals surface area contributed by atoms with Gasteiger partial charge in [-0.15, -0.1) is 0 Å². The SMILES string of the molecule is CC1CCCC12CN=C(N)N2CCN(C)C. The first-order valence-corrected chi connectivity index (χ1v) is 6.28. The largest absolute Gasteiger partial charge is 0.370 e. The Balaban J connectivity index is 2.09. The van der Waals surface area contributed by atoms with E-state index in [-0.39, 0.29) is 5.54 Å². The van der Waals surface area contributed by atoms with Crippen LogP contribution in [0.3, 0.4) is 0 Å². The summed E-state index contributed by atoms with van der Waals surface area (Å²) in [6, 6.07) is 0.